The summed E-state index contributed by atoms with van der Waals surface area (Å²) in [5.41, 5.74) is 2.55. The third-order valence-electron chi connectivity index (χ3n) is 4.56. The Balaban J connectivity index is 1.47. The number of thiophene rings is 1. The Kier molecular flexibility index (Phi) is 5.22. The van der Waals surface area contributed by atoms with Gasteiger partial charge in [-0.2, -0.15) is 0 Å². The van der Waals surface area contributed by atoms with E-state index in [-0.39, 0.29) is 17.9 Å². The molecular weight excluding hydrogens is 412 g/mol. The number of nitrogens with one attached hydrogen (secondary N) is 1. The molecule has 0 aliphatic rings. The van der Waals surface area contributed by atoms with Gasteiger partial charge in [0.25, 0.3) is 5.56 Å². The Morgan fingerprint density at radius 2 is 2.11 bits per heavy atom. The van der Waals surface area contributed by atoms with E-state index >= 15 is 0 Å². The summed E-state index contributed by atoms with van der Waals surface area (Å²) in [6, 6.07) is 5.69. The molecule has 4 rings (SSSR count). The van der Waals surface area contributed by atoms with Gasteiger partial charge in [0.1, 0.15) is 4.83 Å². The fraction of sp³-hybridized carbons (Fsp3) is 0.263. The Morgan fingerprint density at radius 3 is 2.89 bits per heavy atom. The van der Waals surface area contributed by atoms with Gasteiger partial charge in [-0.05, 0) is 43.9 Å². The largest absolute Gasteiger partial charge is 0.326 e. The number of fused-ring (bicyclic) bond motifs is 2. The first-order valence-electron chi connectivity index (χ1n) is 8.66. The summed E-state index contributed by atoms with van der Waals surface area (Å²) >= 11 is 4.73. The Labute approximate surface area is 173 Å². The van der Waals surface area contributed by atoms with E-state index < -0.39 is 0 Å². The molecule has 0 saturated heterocycles. The highest BCUT2D eigenvalue weighted by molar-refractivity contribution is 8.00. The smallest absolute Gasteiger partial charge is 0.262 e. The van der Waals surface area contributed by atoms with Crippen molar-refractivity contribution in [2.75, 3.05) is 11.6 Å². The number of hydrogen-bond donors (Lipinski definition) is 1. The maximum Gasteiger partial charge on any atom is 0.262 e. The predicted molar refractivity (Wildman–Crippen MR) is 118 cm³/mol. The lowest BCUT2D eigenvalue weighted by Gasteiger charge is -2.07. The van der Waals surface area contributed by atoms with Crippen LogP contribution in [0.25, 0.3) is 20.4 Å². The van der Waals surface area contributed by atoms with Crippen LogP contribution in [0.1, 0.15) is 16.9 Å². The van der Waals surface area contributed by atoms with Gasteiger partial charge in [0, 0.05) is 23.5 Å². The molecular formula is C19H18N4O2S3. The molecule has 1 N–H and O–H groups in total. The van der Waals surface area contributed by atoms with Crippen LogP contribution in [-0.2, 0) is 11.3 Å². The number of hydrogen-bond acceptors (Lipinski definition) is 7. The molecule has 0 aliphatic carbocycles. The van der Waals surface area contributed by atoms with Gasteiger partial charge in [0.05, 0.1) is 21.9 Å². The lowest BCUT2D eigenvalue weighted by atomic mass is 10.2. The zero-order valence-corrected chi connectivity index (χ0v) is 18.1. The molecule has 0 fully saturated rings. The molecule has 4 aromatic rings. The highest BCUT2D eigenvalue weighted by atomic mass is 32.2. The van der Waals surface area contributed by atoms with Crippen LogP contribution in [0.15, 0.2) is 33.7 Å². The first-order valence-corrected chi connectivity index (χ1v) is 11.5. The molecule has 9 heteroatoms. The molecule has 0 aliphatic heterocycles. The third-order valence-corrected chi connectivity index (χ3v) is 7.68. The van der Waals surface area contributed by atoms with Crippen molar-refractivity contribution in [3.05, 3.63) is 45.3 Å². The van der Waals surface area contributed by atoms with Gasteiger partial charge in [0.2, 0.25) is 5.91 Å². The molecule has 3 heterocycles. The quantitative estimate of drug-likeness (QED) is 0.474. The van der Waals surface area contributed by atoms with Crippen molar-refractivity contribution in [3.8, 4) is 0 Å². The van der Waals surface area contributed by atoms with Gasteiger partial charge >= 0.3 is 0 Å². The van der Waals surface area contributed by atoms with Gasteiger partial charge in [-0.15, -0.1) is 22.7 Å². The zero-order chi connectivity index (χ0) is 19.8. The van der Waals surface area contributed by atoms with E-state index in [1.54, 1.807) is 23.1 Å². The highest BCUT2D eigenvalue weighted by Crippen LogP contribution is 2.30. The Hall–Kier alpha value is -2.23. The van der Waals surface area contributed by atoms with Crippen molar-refractivity contribution in [2.45, 2.75) is 31.2 Å². The minimum absolute atomic E-state index is 0.0877. The van der Waals surface area contributed by atoms with Crippen LogP contribution in [0, 0.1) is 13.8 Å². The van der Waals surface area contributed by atoms with Crippen LogP contribution in [0.4, 0.5) is 5.69 Å². The lowest BCUT2D eigenvalue weighted by Crippen LogP contribution is -2.23. The third kappa shape index (κ3) is 3.57. The fourth-order valence-corrected chi connectivity index (χ4v) is 5.46. The molecule has 0 bridgehead atoms. The summed E-state index contributed by atoms with van der Waals surface area (Å²) in [4.78, 5) is 35.8. The molecule has 0 radical (unpaired) electrons. The summed E-state index contributed by atoms with van der Waals surface area (Å²) in [6.07, 6.45) is 3.72. The van der Waals surface area contributed by atoms with Crippen LogP contribution in [0.3, 0.4) is 0 Å². The van der Waals surface area contributed by atoms with E-state index in [0.29, 0.717) is 11.9 Å². The fourth-order valence-electron chi connectivity index (χ4n) is 2.94. The number of benzene rings is 1. The van der Waals surface area contributed by atoms with Crippen LogP contribution < -0.4 is 10.9 Å². The number of anilines is 1. The molecule has 3 aromatic heterocycles. The number of carbonyl (C=O) groups excluding carboxylic acids is 1. The molecule has 0 unspecified atom stereocenters. The topological polar surface area (TPSA) is 76.9 Å². The van der Waals surface area contributed by atoms with Crippen molar-refractivity contribution in [2.24, 2.45) is 0 Å². The average Bonchev–Trinajstić information content (AvgIpc) is 3.21. The highest BCUT2D eigenvalue weighted by Gasteiger charge is 2.13. The van der Waals surface area contributed by atoms with E-state index in [1.165, 1.54) is 22.2 Å². The van der Waals surface area contributed by atoms with E-state index in [1.807, 2.05) is 38.3 Å². The normalized spacial score (nSPS) is 11.4. The summed E-state index contributed by atoms with van der Waals surface area (Å²) in [6.45, 7) is 4.22. The monoisotopic (exact) mass is 430 g/mol. The van der Waals surface area contributed by atoms with E-state index in [9.17, 15) is 9.59 Å². The van der Waals surface area contributed by atoms with Crippen molar-refractivity contribution >= 4 is 66.5 Å². The van der Waals surface area contributed by atoms with Crippen LogP contribution in [-0.4, -0.2) is 26.7 Å². The average molecular weight is 431 g/mol. The number of thioether (sulfide) groups is 1. The second-order valence-corrected chi connectivity index (χ2v) is 9.66. The van der Waals surface area contributed by atoms with E-state index in [4.69, 9.17) is 0 Å². The molecule has 1 aromatic carbocycles. The molecule has 0 atom stereocenters. The molecule has 144 valence electrons. The number of amides is 1. The number of aromatic nitrogens is 3. The van der Waals surface area contributed by atoms with Gasteiger partial charge in [-0.1, -0.05) is 11.8 Å². The summed E-state index contributed by atoms with van der Waals surface area (Å²) in [7, 11) is 0. The number of aryl methyl sites for hydroxylation is 3. The minimum atomic E-state index is -0.140. The Bertz CT molecular complexity index is 1260. The maximum atomic E-state index is 12.7. The van der Waals surface area contributed by atoms with Crippen molar-refractivity contribution in [3.63, 3.8) is 0 Å². The molecule has 0 saturated carbocycles. The summed E-state index contributed by atoms with van der Waals surface area (Å²) < 4.78 is 3.55. The summed E-state index contributed by atoms with van der Waals surface area (Å²) in [5, 5.41) is 3.56. The Morgan fingerprint density at radius 1 is 1.29 bits per heavy atom. The predicted octanol–water partition coefficient (Wildman–Crippen LogP) is 4.44. The number of carbonyl (C=O) groups is 1. The van der Waals surface area contributed by atoms with Gasteiger partial charge in [-0.25, -0.2) is 9.97 Å². The summed E-state index contributed by atoms with van der Waals surface area (Å²) in [5.74, 6) is -0.140. The number of thiazole rings is 1. The second-order valence-electron chi connectivity index (χ2n) is 6.37. The van der Waals surface area contributed by atoms with E-state index in [0.717, 1.165) is 35.5 Å². The SMILES string of the molecule is CSc1nc2ccc(NC(=O)CCn3cnc4sc(C)c(C)c4c3=O)cc2s1. The number of nitrogens with zero attached hydrogens (tertiary/aromatic N) is 3. The molecule has 0 spiro atoms. The lowest BCUT2D eigenvalue weighted by molar-refractivity contribution is -0.116. The van der Waals surface area contributed by atoms with Crippen molar-refractivity contribution in [1.82, 2.24) is 14.5 Å². The zero-order valence-electron chi connectivity index (χ0n) is 15.6. The standard InChI is InChI=1S/C19H18N4O2S3/c1-10-11(2)27-17-16(10)18(25)23(9-20-17)7-6-15(24)21-12-4-5-13-14(8-12)28-19(22-13)26-3/h4-5,8-9H,6-7H2,1-3H3,(H,21,24). The maximum absolute atomic E-state index is 12.7. The molecule has 6 nitrogen and oxygen atoms in total. The van der Waals surface area contributed by atoms with Crippen molar-refractivity contribution in [1.29, 1.82) is 0 Å². The molecule has 28 heavy (non-hydrogen) atoms. The van der Waals surface area contributed by atoms with Crippen LogP contribution in [0.2, 0.25) is 0 Å². The van der Waals surface area contributed by atoms with Gasteiger partial charge in [-0.3, -0.25) is 14.2 Å². The molecule has 1 amide bonds. The first-order chi connectivity index (χ1) is 13.5. The second kappa shape index (κ2) is 7.65. The van der Waals surface area contributed by atoms with E-state index in [2.05, 4.69) is 15.3 Å². The van der Waals surface area contributed by atoms with Crippen molar-refractivity contribution < 1.29 is 4.79 Å². The first kappa shape index (κ1) is 19.1. The van der Waals surface area contributed by atoms with Gasteiger partial charge in [0.15, 0.2) is 4.34 Å². The van der Waals surface area contributed by atoms with Crippen LogP contribution >= 0.6 is 34.4 Å². The van der Waals surface area contributed by atoms with Gasteiger partial charge < -0.3 is 5.32 Å². The minimum Gasteiger partial charge on any atom is -0.326 e. The van der Waals surface area contributed by atoms with Crippen LogP contribution in [0.5, 0.6) is 0 Å². The number of rotatable bonds is 5.